The molecular weight excluding hydrogens is 454 g/mol. The molecule has 3 aromatic rings. The molecular formula is C28H37N5O3. The van der Waals surface area contributed by atoms with E-state index in [1.54, 1.807) is 6.20 Å². The van der Waals surface area contributed by atoms with Gasteiger partial charge in [-0.1, -0.05) is 45.4 Å². The van der Waals surface area contributed by atoms with Crippen molar-refractivity contribution in [2.24, 2.45) is 5.73 Å². The van der Waals surface area contributed by atoms with E-state index in [0.717, 1.165) is 42.0 Å². The first-order valence-corrected chi connectivity index (χ1v) is 12.4. The molecule has 0 bridgehead atoms. The molecule has 0 saturated carbocycles. The minimum Gasteiger partial charge on any atom is -0.391 e. The number of amides is 2. The van der Waals surface area contributed by atoms with Gasteiger partial charge in [0.05, 0.1) is 17.5 Å². The number of nitrogens with zero attached hydrogens (tertiary/aromatic N) is 3. The van der Waals surface area contributed by atoms with Gasteiger partial charge in [0.25, 0.3) is 0 Å². The normalized spacial score (nSPS) is 13.2. The van der Waals surface area contributed by atoms with Gasteiger partial charge in [-0.3, -0.25) is 14.6 Å². The molecule has 8 nitrogen and oxygen atoms in total. The maximum atomic E-state index is 12.1. The number of carbonyl (C=O) groups is 2. The van der Waals surface area contributed by atoms with Crippen molar-refractivity contribution in [2.45, 2.75) is 77.4 Å². The number of rotatable bonds is 11. The number of aliphatic hydroxyl groups is 1. The molecule has 0 fully saturated rings. The Labute approximate surface area is 212 Å². The summed E-state index contributed by atoms with van der Waals surface area (Å²) in [6.45, 7) is 8.01. The van der Waals surface area contributed by atoms with E-state index in [2.05, 4.69) is 61.4 Å². The van der Waals surface area contributed by atoms with Gasteiger partial charge < -0.3 is 16.2 Å². The minimum atomic E-state index is -1.07. The maximum absolute atomic E-state index is 12.1. The van der Waals surface area contributed by atoms with Crippen LogP contribution in [0.5, 0.6) is 0 Å². The molecule has 0 spiro atoms. The zero-order valence-electron chi connectivity index (χ0n) is 21.6. The van der Waals surface area contributed by atoms with Crippen molar-refractivity contribution in [1.29, 1.82) is 0 Å². The van der Waals surface area contributed by atoms with Crippen LogP contribution >= 0.6 is 0 Å². The zero-order valence-corrected chi connectivity index (χ0v) is 21.6. The van der Waals surface area contributed by atoms with Crippen LogP contribution in [-0.4, -0.2) is 43.8 Å². The van der Waals surface area contributed by atoms with E-state index < -0.39 is 18.1 Å². The summed E-state index contributed by atoms with van der Waals surface area (Å²) in [5.41, 5.74) is 10.3. The quantitative estimate of drug-likeness (QED) is 0.353. The lowest BCUT2D eigenvalue weighted by Gasteiger charge is -2.19. The smallest absolute Gasteiger partial charge is 0.242 e. The third-order valence-electron chi connectivity index (χ3n) is 6.13. The molecule has 0 unspecified atom stereocenters. The molecule has 0 saturated heterocycles. The lowest BCUT2D eigenvalue weighted by molar-refractivity contribution is -0.129. The van der Waals surface area contributed by atoms with Gasteiger partial charge in [0.15, 0.2) is 0 Å². The van der Waals surface area contributed by atoms with Crippen LogP contribution < -0.4 is 11.1 Å². The van der Waals surface area contributed by atoms with Crippen LogP contribution in [0.3, 0.4) is 0 Å². The lowest BCUT2D eigenvalue weighted by atomic mass is 9.87. The molecule has 0 aliphatic heterocycles. The molecule has 0 aliphatic rings. The van der Waals surface area contributed by atoms with Crippen LogP contribution in [-0.2, 0) is 21.4 Å². The number of nitrogens with two attached hydrogens (primary N) is 1. The van der Waals surface area contributed by atoms with Crippen molar-refractivity contribution in [3.8, 4) is 17.1 Å². The van der Waals surface area contributed by atoms with Crippen molar-refractivity contribution in [1.82, 2.24) is 20.1 Å². The van der Waals surface area contributed by atoms with Crippen molar-refractivity contribution < 1.29 is 14.7 Å². The van der Waals surface area contributed by atoms with E-state index in [9.17, 15) is 14.7 Å². The van der Waals surface area contributed by atoms with E-state index in [1.165, 1.54) is 12.5 Å². The number of aromatic nitrogens is 3. The number of aryl methyl sites for hydroxylation is 1. The van der Waals surface area contributed by atoms with Crippen molar-refractivity contribution in [3.63, 3.8) is 0 Å². The van der Waals surface area contributed by atoms with E-state index in [-0.39, 0.29) is 17.7 Å². The fraction of sp³-hybridized carbons (Fsp3) is 0.429. The Kier molecular flexibility index (Phi) is 8.98. The molecule has 0 radical (unpaired) electrons. The van der Waals surface area contributed by atoms with Crippen LogP contribution in [0.15, 0.2) is 54.7 Å². The average molecular weight is 492 g/mol. The second-order valence-corrected chi connectivity index (χ2v) is 10.2. The lowest BCUT2D eigenvalue weighted by Crippen LogP contribution is -2.50. The minimum absolute atomic E-state index is 0.0730. The Hall–Kier alpha value is -3.52. The number of unbranched alkanes of at least 4 members (excludes halogenated alkanes) is 2. The molecule has 2 atom stereocenters. The third kappa shape index (κ3) is 7.24. The van der Waals surface area contributed by atoms with Crippen LogP contribution in [0.4, 0.5) is 0 Å². The molecule has 2 heterocycles. The Balaban J connectivity index is 1.66. The summed E-state index contributed by atoms with van der Waals surface area (Å²) in [5, 5.41) is 17.0. The Morgan fingerprint density at radius 3 is 2.36 bits per heavy atom. The summed E-state index contributed by atoms with van der Waals surface area (Å²) in [6.07, 6.45) is 4.16. The number of pyridine rings is 1. The molecule has 3 rings (SSSR count). The number of nitrogens with one attached hydrogen (secondary N) is 1. The second-order valence-electron chi connectivity index (χ2n) is 10.2. The molecule has 36 heavy (non-hydrogen) atoms. The Bertz CT molecular complexity index is 1150. The van der Waals surface area contributed by atoms with Gasteiger partial charge in [-0.25, -0.2) is 4.68 Å². The highest BCUT2D eigenvalue weighted by Crippen LogP contribution is 2.25. The van der Waals surface area contributed by atoms with Gasteiger partial charge in [-0.2, -0.15) is 5.10 Å². The van der Waals surface area contributed by atoms with Crippen molar-refractivity contribution >= 4 is 11.8 Å². The maximum Gasteiger partial charge on any atom is 0.242 e. The van der Waals surface area contributed by atoms with E-state index in [1.807, 2.05) is 22.9 Å². The van der Waals surface area contributed by atoms with Gasteiger partial charge in [-0.05, 0) is 67.5 Å². The highest BCUT2D eigenvalue weighted by Gasteiger charge is 2.22. The van der Waals surface area contributed by atoms with Crippen molar-refractivity contribution in [2.75, 3.05) is 0 Å². The average Bonchev–Trinajstić information content (AvgIpc) is 3.26. The molecule has 1 aromatic carbocycles. The monoisotopic (exact) mass is 491 g/mol. The van der Waals surface area contributed by atoms with E-state index in [0.29, 0.717) is 6.42 Å². The second kappa shape index (κ2) is 11.9. The largest absolute Gasteiger partial charge is 0.391 e. The van der Waals surface area contributed by atoms with Crippen molar-refractivity contribution in [3.05, 3.63) is 66.0 Å². The zero-order chi connectivity index (χ0) is 26.3. The van der Waals surface area contributed by atoms with Crippen LogP contribution in [0.1, 0.15) is 64.6 Å². The molecule has 192 valence electrons. The highest BCUT2D eigenvalue weighted by molar-refractivity contribution is 5.87. The Morgan fingerprint density at radius 1 is 1.06 bits per heavy atom. The molecule has 8 heteroatoms. The summed E-state index contributed by atoms with van der Waals surface area (Å²) >= 11 is 0. The molecule has 4 N–H and O–H groups in total. The van der Waals surface area contributed by atoms with Crippen LogP contribution in [0.2, 0.25) is 0 Å². The molecule has 2 amide bonds. The fourth-order valence-corrected chi connectivity index (χ4v) is 4.01. The standard InChI is InChI=1S/C28H37N5O3/c1-19(34)26(27(29)36)31-25(35)12-7-5-6-10-22-18-24(23-11-8-9-17-30-23)32-33(22)21-15-13-20(14-16-21)28(2,3)4/h8-9,11,13-19,26,34H,5-7,10,12H2,1-4H3,(H2,29,36)(H,31,35)/t19-,26+/m1/s1. The Morgan fingerprint density at radius 2 is 1.78 bits per heavy atom. The third-order valence-corrected chi connectivity index (χ3v) is 6.13. The van der Waals surface area contributed by atoms with Crippen LogP contribution in [0, 0.1) is 0 Å². The number of hydrogen-bond acceptors (Lipinski definition) is 5. The molecule has 2 aromatic heterocycles. The number of carbonyl (C=O) groups excluding carboxylic acids is 2. The summed E-state index contributed by atoms with van der Waals surface area (Å²) in [5.74, 6) is -1.04. The number of benzene rings is 1. The highest BCUT2D eigenvalue weighted by atomic mass is 16.3. The van der Waals surface area contributed by atoms with E-state index >= 15 is 0 Å². The first-order chi connectivity index (χ1) is 17.1. The summed E-state index contributed by atoms with van der Waals surface area (Å²) < 4.78 is 1.98. The number of primary amides is 1. The number of hydrogen-bond donors (Lipinski definition) is 3. The topological polar surface area (TPSA) is 123 Å². The van der Waals surface area contributed by atoms with Gasteiger partial charge in [0.1, 0.15) is 11.7 Å². The van der Waals surface area contributed by atoms with E-state index in [4.69, 9.17) is 10.8 Å². The van der Waals surface area contributed by atoms with Gasteiger partial charge in [0, 0.05) is 18.3 Å². The SMILES string of the molecule is C[C@@H](O)[C@H](NC(=O)CCCCCc1cc(-c2ccccn2)nn1-c1ccc(C(C)(C)C)cc1)C(N)=O. The number of aliphatic hydroxyl groups excluding tert-OH is 1. The summed E-state index contributed by atoms with van der Waals surface area (Å²) in [6, 6.07) is 15.3. The van der Waals surface area contributed by atoms with Gasteiger partial charge in [0.2, 0.25) is 11.8 Å². The summed E-state index contributed by atoms with van der Waals surface area (Å²) in [7, 11) is 0. The summed E-state index contributed by atoms with van der Waals surface area (Å²) in [4.78, 5) is 28.0. The first-order valence-electron chi connectivity index (χ1n) is 12.4. The van der Waals surface area contributed by atoms with Gasteiger partial charge >= 0.3 is 0 Å². The predicted molar refractivity (Wildman–Crippen MR) is 140 cm³/mol. The predicted octanol–water partition coefficient (Wildman–Crippen LogP) is 3.69. The van der Waals surface area contributed by atoms with Gasteiger partial charge in [-0.15, -0.1) is 0 Å². The van der Waals surface area contributed by atoms with Crippen LogP contribution in [0.25, 0.3) is 17.1 Å². The first kappa shape index (κ1) is 27.1. The molecule has 0 aliphatic carbocycles. The fourth-order valence-electron chi connectivity index (χ4n) is 4.01.